The van der Waals surface area contributed by atoms with E-state index in [9.17, 15) is 4.79 Å². The largest absolute Gasteiger partial charge is 0.423 e. The van der Waals surface area contributed by atoms with Crippen LogP contribution in [0.4, 0.5) is 4.79 Å². The van der Waals surface area contributed by atoms with E-state index in [2.05, 4.69) is 30.9 Å². The van der Waals surface area contributed by atoms with Crippen LogP contribution in [0.5, 0.6) is 0 Å². The molecule has 3 heterocycles. The summed E-state index contributed by atoms with van der Waals surface area (Å²) in [6.45, 7) is 4.51. The van der Waals surface area contributed by atoms with Crippen LogP contribution in [0.3, 0.4) is 0 Å². The first-order chi connectivity index (χ1) is 13.1. The van der Waals surface area contributed by atoms with Gasteiger partial charge < -0.3 is 15.1 Å². The molecule has 0 aliphatic heterocycles. The quantitative estimate of drug-likeness (QED) is 0.690. The lowest BCUT2D eigenvalue weighted by molar-refractivity contribution is 0.238. The summed E-state index contributed by atoms with van der Waals surface area (Å²) in [7, 11) is 0. The third kappa shape index (κ3) is 4.13. The van der Waals surface area contributed by atoms with Crippen LogP contribution in [-0.4, -0.2) is 31.0 Å². The molecule has 0 atom stereocenters. The van der Waals surface area contributed by atoms with E-state index in [4.69, 9.17) is 4.42 Å². The molecule has 2 amide bonds. The van der Waals surface area contributed by atoms with Crippen LogP contribution in [0.2, 0.25) is 0 Å². The second-order valence-electron chi connectivity index (χ2n) is 6.71. The summed E-state index contributed by atoms with van der Waals surface area (Å²) >= 11 is 0. The minimum absolute atomic E-state index is 0.209. The second kappa shape index (κ2) is 7.18. The maximum absolute atomic E-state index is 11.9. The Balaban J connectivity index is 1.26. The lowest BCUT2D eigenvalue weighted by atomic mass is 10.3. The molecular weight excluding hydrogens is 346 g/mol. The molecular formula is C18H21N7O2. The van der Waals surface area contributed by atoms with Gasteiger partial charge in [-0.3, -0.25) is 0 Å². The van der Waals surface area contributed by atoms with E-state index in [1.54, 1.807) is 10.9 Å². The number of pyridine rings is 1. The number of aryl methyl sites for hydroxylation is 2. The first-order valence-electron chi connectivity index (χ1n) is 8.91. The number of urea groups is 1. The summed E-state index contributed by atoms with van der Waals surface area (Å²) in [5, 5.41) is 17.8. The van der Waals surface area contributed by atoms with Gasteiger partial charge in [-0.1, -0.05) is 6.07 Å². The normalized spacial score (nSPS) is 13.6. The summed E-state index contributed by atoms with van der Waals surface area (Å²) in [6, 6.07) is 5.49. The van der Waals surface area contributed by atoms with E-state index in [0.717, 1.165) is 35.6 Å². The number of carbonyl (C=O) groups excluding carboxylic acids is 1. The van der Waals surface area contributed by atoms with E-state index >= 15 is 0 Å². The highest BCUT2D eigenvalue weighted by molar-refractivity contribution is 5.73. The van der Waals surface area contributed by atoms with Crippen molar-refractivity contribution in [2.75, 3.05) is 0 Å². The molecule has 9 nitrogen and oxygen atoms in total. The lowest BCUT2D eigenvalue weighted by Gasteiger charge is -2.07. The van der Waals surface area contributed by atoms with E-state index in [-0.39, 0.29) is 12.6 Å². The van der Waals surface area contributed by atoms with Gasteiger partial charge in [-0.15, -0.1) is 10.2 Å². The van der Waals surface area contributed by atoms with Crippen molar-refractivity contribution in [3.8, 4) is 5.82 Å². The SMILES string of the molecule is Cc1cc(C)n(-c2ccc(CNC(=O)NCc3nnc(C4CC4)o3)cn2)n1. The maximum atomic E-state index is 11.9. The van der Waals surface area contributed by atoms with E-state index < -0.39 is 0 Å². The summed E-state index contributed by atoms with van der Waals surface area (Å²) in [4.78, 5) is 16.3. The highest BCUT2D eigenvalue weighted by atomic mass is 16.4. The minimum Gasteiger partial charge on any atom is -0.423 e. The van der Waals surface area contributed by atoms with Crippen LogP contribution in [0, 0.1) is 13.8 Å². The molecule has 4 rings (SSSR count). The van der Waals surface area contributed by atoms with Crippen molar-refractivity contribution in [3.05, 3.63) is 53.1 Å². The molecule has 1 fully saturated rings. The Hall–Kier alpha value is -3.23. The van der Waals surface area contributed by atoms with Crippen LogP contribution in [0.15, 0.2) is 28.8 Å². The molecule has 0 aromatic carbocycles. The predicted octanol–water partition coefficient (Wildman–Crippen LogP) is 2.14. The number of amides is 2. The van der Waals surface area contributed by atoms with Crippen molar-refractivity contribution >= 4 is 6.03 Å². The zero-order valence-electron chi connectivity index (χ0n) is 15.3. The molecule has 0 unspecified atom stereocenters. The van der Waals surface area contributed by atoms with Crippen molar-refractivity contribution in [1.29, 1.82) is 0 Å². The number of hydrogen-bond donors (Lipinski definition) is 2. The standard InChI is InChI=1S/C18H21N7O2/c1-11-7-12(2)25(24-11)15-6-3-13(8-19-15)9-20-18(26)21-10-16-22-23-17(27-16)14-4-5-14/h3,6-8,14H,4-5,9-10H2,1-2H3,(H2,20,21,26). The smallest absolute Gasteiger partial charge is 0.315 e. The third-order valence-electron chi connectivity index (χ3n) is 4.30. The van der Waals surface area contributed by atoms with Gasteiger partial charge in [0.25, 0.3) is 0 Å². The molecule has 27 heavy (non-hydrogen) atoms. The maximum Gasteiger partial charge on any atom is 0.315 e. The van der Waals surface area contributed by atoms with Gasteiger partial charge >= 0.3 is 6.03 Å². The monoisotopic (exact) mass is 367 g/mol. The Labute approximate surface area is 156 Å². The summed E-state index contributed by atoms with van der Waals surface area (Å²) in [5.41, 5.74) is 2.86. The average molecular weight is 367 g/mol. The van der Waals surface area contributed by atoms with E-state index in [1.165, 1.54) is 0 Å². The molecule has 0 bridgehead atoms. The van der Waals surface area contributed by atoms with Gasteiger partial charge in [0.05, 0.1) is 12.2 Å². The summed E-state index contributed by atoms with van der Waals surface area (Å²) in [6.07, 6.45) is 3.93. The van der Waals surface area contributed by atoms with Gasteiger partial charge in [0.15, 0.2) is 5.82 Å². The molecule has 140 valence electrons. The van der Waals surface area contributed by atoms with Crippen molar-refractivity contribution in [1.82, 2.24) is 35.6 Å². The van der Waals surface area contributed by atoms with Gasteiger partial charge in [-0.05, 0) is 44.4 Å². The Morgan fingerprint density at radius 3 is 2.70 bits per heavy atom. The average Bonchev–Trinajstić information content (AvgIpc) is 3.31. The molecule has 3 aromatic heterocycles. The number of carbonyl (C=O) groups is 1. The van der Waals surface area contributed by atoms with Gasteiger partial charge in [-0.2, -0.15) is 5.10 Å². The molecule has 2 N–H and O–H groups in total. The molecule has 0 radical (unpaired) electrons. The van der Waals surface area contributed by atoms with Crippen molar-refractivity contribution < 1.29 is 9.21 Å². The molecule has 0 saturated heterocycles. The van der Waals surface area contributed by atoms with Crippen LogP contribution < -0.4 is 10.6 Å². The van der Waals surface area contributed by atoms with Crippen molar-refractivity contribution in [3.63, 3.8) is 0 Å². The number of rotatable bonds is 6. The zero-order chi connectivity index (χ0) is 18.8. The molecule has 1 aliphatic carbocycles. The third-order valence-corrected chi connectivity index (χ3v) is 4.30. The molecule has 1 aliphatic rings. The second-order valence-corrected chi connectivity index (χ2v) is 6.71. The van der Waals surface area contributed by atoms with Gasteiger partial charge in [0.1, 0.15) is 0 Å². The fourth-order valence-electron chi connectivity index (χ4n) is 2.74. The van der Waals surface area contributed by atoms with Gasteiger partial charge in [0, 0.05) is 24.4 Å². The summed E-state index contributed by atoms with van der Waals surface area (Å²) in [5.74, 6) is 2.24. The topological polar surface area (TPSA) is 111 Å². The molecule has 3 aromatic rings. The van der Waals surface area contributed by atoms with Gasteiger partial charge in [0.2, 0.25) is 11.8 Å². The summed E-state index contributed by atoms with van der Waals surface area (Å²) < 4.78 is 7.30. The Kier molecular flexibility index (Phi) is 4.57. The first kappa shape index (κ1) is 17.2. The number of aromatic nitrogens is 5. The molecule has 0 spiro atoms. The number of hydrogen-bond acceptors (Lipinski definition) is 6. The number of nitrogens with zero attached hydrogens (tertiary/aromatic N) is 5. The van der Waals surface area contributed by atoms with Gasteiger partial charge in [-0.25, -0.2) is 14.5 Å². The number of nitrogens with one attached hydrogen (secondary N) is 2. The van der Waals surface area contributed by atoms with Crippen LogP contribution in [0.25, 0.3) is 5.82 Å². The highest BCUT2D eigenvalue weighted by Gasteiger charge is 2.29. The van der Waals surface area contributed by atoms with E-state index in [1.807, 2.05) is 32.0 Å². The Morgan fingerprint density at radius 2 is 2.04 bits per heavy atom. The van der Waals surface area contributed by atoms with E-state index in [0.29, 0.717) is 24.2 Å². The fourth-order valence-corrected chi connectivity index (χ4v) is 2.74. The molecule has 9 heteroatoms. The van der Waals surface area contributed by atoms with Crippen molar-refractivity contribution in [2.45, 2.75) is 45.7 Å². The van der Waals surface area contributed by atoms with Crippen molar-refractivity contribution in [2.24, 2.45) is 0 Å². The molecule has 1 saturated carbocycles. The minimum atomic E-state index is -0.302. The zero-order valence-corrected chi connectivity index (χ0v) is 15.3. The fraction of sp³-hybridized carbons (Fsp3) is 0.389. The van der Waals surface area contributed by atoms with Crippen LogP contribution in [0.1, 0.15) is 47.5 Å². The lowest BCUT2D eigenvalue weighted by Crippen LogP contribution is -2.34. The predicted molar refractivity (Wildman–Crippen MR) is 96.2 cm³/mol. The van der Waals surface area contributed by atoms with Crippen LogP contribution in [-0.2, 0) is 13.1 Å². The van der Waals surface area contributed by atoms with Crippen LogP contribution >= 0.6 is 0 Å². The highest BCUT2D eigenvalue weighted by Crippen LogP contribution is 2.38. The Bertz CT molecular complexity index is 941. The first-order valence-corrected chi connectivity index (χ1v) is 8.91. The Morgan fingerprint density at radius 1 is 1.22 bits per heavy atom.